The summed E-state index contributed by atoms with van der Waals surface area (Å²) < 4.78 is 31.5. The van der Waals surface area contributed by atoms with Crippen molar-refractivity contribution < 1.29 is 47.3 Å². The minimum absolute atomic E-state index is 0. The van der Waals surface area contributed by atoms with Gasteiger partial charge < -0.3 is 4.55 Å². The summed E-state index contributed by atoms with van der Waals surface area (Å²) in [6, 6.07) is 5.25. The summed E-state index contributed by atoms with van der Waals surface area (Å²) in [6.45, 7) is 0. The van der Waals surface area contributed by atoms with Gasteiger partial charge in [0, 0.05) is 5.56 Å². The molecule has 0 aromatic heterocycles. The van der Waals surface area contributed by atoms with Gasteiger partial charge in [-0.05, 0) is 6.07 Å². The summed E-state index contributed by atoms with van der Waals surface area (Å²) in [6.07, 6.45) is 0.338. The Morgan fingerprint density at radius 1 is 1.23 bits per heavy atom. The number of hydrogen-bond acceptors (Lipinski definition) is 4. The maximum atomic E-state index is 10.5. The van der Waals surface area contributed by atoms with Crippen molar-refractivity contribution in [3.05, 3.63) is 29.8 Å². The Kier molecular flexibility index (Phi) is 4.80. The molecular weight excluding hydrogens is 203 g/mol. The van der Waals surface area contributed by atoms with Crippen molar-refractivity contribution in [2.75, 3.05) is 0 Å². The molecule has 0 bridgehead atoms. The second kappa shape index (κ2) is 4.88. The zero-order valence-corrected chi connectivity index (χ0v) is 9.74. The van der Waals surface area contributed by atoms with Crippen LogP contribution in [0, 0.1) is 0 Å². The average Bonchev–Trinajstić information content (AvgIpc) is 2.03. The first kappa shape index (κ1) is 12.8. The standard InChI is InChI=1S/C7H6O4S.Na/c8-5-6-3-1-2-4-7(6)12(9,10)11;/h1-5H,(H,9,10,11);/q;+1/p-1. The zero-order chi connectivity index (χ0) is 9.19. The van der Waals surface area contributed by atoms with Crippen LogP contribution < -0.4 is 29.6 Å². The summed E-state index contributed by atoms with van der Waals surface area (Å²) in [4.78, 5) is 9.80. The smallest absolute Gasteiger partial charge is 0.744 e. The van der Waals surface area contributed by atoms with E-state index >= 15 is 0 Å². The van der Waals surface area contributed by atoms with Gasteiger partial charge in [-0.1, -0.05) is 18.2 Å². The predicted molar refractivity (Wildman–Crippen MR) is 39.8 cm³/mol. The third-order valence-corrected chi connectivity index (χ3v) is 2.23. The number of rotatable bonds is 2. The first-order chi connectivity index (χ1) is 5.55. The van der Waals surface area contributed by atoms with Crippen molar-refractivity contribution in [3.8, 4) is 0 Å². The van der Waals surface area contributed by atoms with E-state index in [1.807, 2.05) is 0 Å². The quantitative estimate of drug-likeness (QED) is 0.303. The molecule has 0 heterocycles. The molecular formula is C7H5NaO4S. The largest absolute Gasteiger partial charge is 1.00 e. The molecule has 1 rings (SSSR count). The van der Waals surface area contributed by atoms with E-state index in [0.29, 0.717) is 6.29 Å². The van der Waals surface area contributed by atoms with Gasteiger partial charge in [0.05, 0.1) is 4.90 Å². The minimum Gasteiger partial charge on any atom is -0.744 e. The van der Waals surface area contributed by atoms with Gasteiger partial charge in [-0.2, -0.15) is 0 Å². The maximum absolute atomic E-state index is 10.5. The molecule has 1 aromatic carbocycles. The van der Waals surface area contributed by atoms with Crippen LogP contribution in [0.3, 0.4) is 0 Å². The molecule has 0 atom stereocenters. The van der Waals surface area contributed by atoms with E-state index in [4.69, 9.17) is 0 Å². The molecule has 0 radical (unpaired) electrons. The van der Waals surface area contributed by atoms with Crippen LogP contribution in [0.15, 0.2) is 29.2 Å². The first-order valence-electron chi connectivity index (χ1n) is 3.06. The van der Waals surface area contributed by atoms with E-state index in [-0.39, 0.29) is 35.1 Å². The Morgan fingerprint density at radius 2 is 1.77 bits per heavy atom. The molecule has 0 aliphatic rings. The topological polar surface area (TPSA) is 74.3 Å². The van der Waals surface area contributed by atoms with Crippen LogP contribution in [0.5, 0.6) is 0 Å². The second-order valence-electron chi connectivity index (χ2n) is 2.11. The Balaban J connectivity index is 0.00000144. The molecule has 0 aliphatic carbocycles. The van der Waals surface area contributed by atoms with Gasteiger partial charge in [-0.15, -0.1) is 0 Å². The summed E-state index contributed by atoms with van der Waals surface area (Å²) in [5, 5.41) is 0. The van der Waals surface area contributed by atoms with Crippen LogP contribution in [0.4, 0.5) is 0 Å². The summed E-state index contributed by atoms with van der Waals surface area (Å²) >= 11 is 0. The number of carbonyl (C=O) groups excluding carboxylic acids is 1. The van der Waals surface area contributed by atoms with Crippen molar-refractivity contribution in [3.63, 3.8) is 0 Å². The van der Waals surface area contributed by atoms with Crippen LogP contribution in [-0.2, 0) is 10.1 Å². The van der Waals surface area contributed by atoms with Gasteiger partial charge >= 0.3 is 29.6 Å². The molecule has 0 spiro atoms. The molecule has 0 saturated carbocycles. The van der Waals surface area contributed by atoms with Crippen molar-refractivity contribution in [2.24, 2.45) is 0 Å². The van der Waals surface area contributed by atoms with Crippen LogP contribution in [0.25, 0.3) is 0 Å². The molecule has 4 nitrogen and oxygen atoms in total. The number of carbonyl (C=O) groups is 1. The normalized spacial score (nSPS) is 10.2. The number of benzene rings is 1. The molecule has 0 saturated heterocycles. The fraction of sp³-hybridized carbons (Fsp3) is 0. The van der Waals surface area contributed by atoms with Crippen molar-refractivity contribution in [2.45, 2.75) is 4.90 Å². The Labute approximate surface area is 98.0 Å². The molecule has 6 heteroatoms. The third kappa shape index (κ3) is 3.21. The fourth-order valence-electron chi connectivity index (χ4n) is 0.806. The number of aldehydes is 1. The van der Waals surface area contributed by atoms with E-state index < -0.39 is 15.0 Å². The monoisotopic (exact) mass is 208 g/mol. The van der Waals surface area contributed by atoms with Crippen molar-refractivity contribution in [1.82, 2.24) is 0 Å². The molecule has 1 aromatic rings. The SMILES string of the molecule is O=Cc1ccccc1S(=O)(=O)[O-].[Na+]. The molecule has 13 heavy (non-hydrogen) atoms. The van der Waals surface area contributed by atoms with Gasteiger partial charge in [0.15, 0.2) is 6.29 Å². The third-order valence-electron chi connectivity index (χ3n) is 1.32. The van der Waals surface area contributed by atoms with E-state index in [0.717, 1.165) is 6.07 Å². The van der Waals surface area contributed by atoms with Crippen LogP contribution in [0.2, 0.25) is 0 Å². The van der Waals surface area contributed by atoms with E-state index in [1.165, 1.54) is 18.2 Å². The predicted octanol–water partition coefficient (Wildman–Crippen LogP) is -2.59. The van der Waals surface area contributed by atoms with Crippen LogP contribution in [-0.4, -0.2) is 19.3 Å². The van der Waals surface area contributed by atoms with E-state index in [1.54, 1.807) is 0 Å². The number of hydrogen-bond donors (Lipinski definition) is 0. The van der Waals surface area contributed by atoms with E-state index in [9.17, 15) is 17.8 Å². The first-order valence-corrected chi connectivity index (χ1v) is 4.46. The van der Waals surface area contributed by atoms with Gasteiger partial charge in [0.1, 0.15) is 10.1 Å². The fourth-order valence-corrected chi connectivity index (χ4v) is 1.46. The van der Waals surface area contributed by atoms with Crippen LogP contribution in [0.1, 0.15) is 10.4 Å². The maximum Gasteiger partial charge on any atom is 1.00 e. The Hall–Kier alpha value is -0.200. The second-order valence-corrected chi connectivity index (χ2v) is 3.46. The minimum atomic E-state index is -4.53. The Morgan fingerprint density at radius 3 is 2.15 bits per heavy atom. The van der Waals surface area contributed by atoms with Crippen molar-refractivity contribution in [1.29, 1.82) is 0 Å². The van der Waals surface area contributed by atoms with Gasteiger partial charge in [0.25, 0.3) is 0 Å². The van der Waals surface area contributed by atoms with Crippen LogP contribution >= 0.6 is 0 Å². The van der Waals surface area contributed by atoms with Crippen molar-refractivity contribution >= 4 is 16.4 Å². The van der Waals surface area contributed by atoms with E-state index in [2.05, 4.69) is 0 Å². The molecule has 0 aliphatic heterocycles. The molecule has 0 N–H and O–H groups in total. The summed E-state index contributed by atoms with van der Waals surface area (Å²) in [5.74, 6) is 0. The molecule has 0 amide bonds. The molecule has 0 unspecified atom stereocenters. The van der Waals surface area contributed by atoms with Gasteiger partial charge in [-0.25, -0.2) is 8.42 Å². The molecule has 0 fully saturated rings. The average molecular weight is 208 g/mol. The van der Waals surface area contributed by atoms with Gasteiger partial charge in [-0.3, -0.25) is 4.79 Å². The summed E-state index contributed by atoms with van der Waals surface area (Å²) in [7, 11) is -4.53. The Bertz CT molecular complexity index is 399. The zero-order valence-electron chi connectivity index (χ0n) is 6.93. The molecule has 64 valence electrons. The van der Waals surface area contributed by atoms with Gasteiger partial charge in [0.2, 0.25) is 0 Å². The summed E-state index contributed by atoms with van der Waals surface area (Å²) in [5.41, 5.74) is -0.104.